The minimum absolute atomic E-state index is 0. The Bertz CT molecular complexity index is 724. The van der Waals surface area contributed by atoms with Gasteiger partial charge in [0.25, 0.3) is 0 Å². The smallest absolute Gasteiger partial charge is 0.400 e. The third-order valence-electron chi connectivity index (χ3n) is 3.28. The van der Waals surface area contributed by atoms with Crippen LogP contribution in [0.25, 0.3) is 0 Å². The molecule has 1 radical (unpaired) electrons. The Morgan fingerprint density at radius 3 is 1.23 bits per heavy atom. The number of nitrogens with zero attached hydrogens (tertiary/aromatic N) is 5. The van der Waals surface area contributed by atoms with E-state index in [1.54, 1.807) is 12.4 Å². The molecule has 3 N–H and O–H groups in total. The second-order valence-corrected chi connectivity index (χ2v) is 5.89. The van der Waals surface area contributed by atoms with Crippen molar-refractivity contribution in [3.63, 3.8) is 0 Å². The Morgan fingerprint density at radius 2 is 0.974 bits per heavy atom. The summed E-state index contributed by atoms with van der Waals surface area (Å²) in [6.07, 6.45) is 3.60. The molecule has 0 spiro atoms. The fourth-order valence-electron chi connectivity index (χ4n) is 2.05. The van der Waals surface area contributed by atoms with Gasteiger partial charge in [-0.25, -0.2) is 0 Å². The molecule has 0 amide bonds. The van der Waals surface area contributed by atoms with Crippen molar-refractivity contribution in [1.29, 1.82) is 0 Å². The number of aliphatic hydroxyl groups excluding tert-OH is 1. The Kier molecular flexibility index (Phi) is 38.6. The summed E-state index contributed by atoms with van der Waals surface area (Å²) < 4.78 is 11.0. The first-order valence-electron chi connectivity index (χ1n) is 10.4. The average molecular weight is 711 g/mol. The Hall–Kier alpha value is -3.03. The zero-order chi connectivity index (χ0) is 29.4. The van der Waals surface area contributed by atoms with Crippen molar-refractivity contribution in [3.8, 4) is 0 Å². The Labute approximate surface area is 253 Å². The second-order valence-electron chi connectivity index (χ2n) is 5.89. The summed E-state index contributed by atoms with van der Waals surface area (Å²) in [5.74, 6) is 0. The monoisotopic (exact) mass is 712 g/mol. The summed E-state index contributed by atoms with van der Waals surface area (Å²) in [4.78, 5) is 33.2. The van der Waals surface area contributed by atoms with E-state index >= 15 is 0 Å². The van der Waals surface area contributed by atoms with E-state index in [1.165, 1.54) is 0 Å². The maximum atomic E-state index is 8.25. The van der Waals surface area contributed by atoms with Crippen LogP contribution in [0.15, 0.2) is 48.8 Å². The minimum Gasteiger partial charge on any atom is -0.400 e. The topological polar surface area (TPSA) is 287 Å². The van der Waals surface area contributed by atoms with E-state index in [9.17, 15) is 0 Å². The zero-order valence-electron chi connectivity index (χ0n) is 20.8. The Morgan fingerprint density at radius 1 is 0.667 bits per heavy atom. The standard InChI is InChI=1S/C18H26N4O2.CH4O.Dy.3NO3/c1-3-7-21-17(5-1)15-19-9-11-23-13-14-24-12-10-20-16-18-6-2-4-8-22-18;1-2;;3*2-1(3)4/h1-8,19-20H,9-16H2;2H,1H3;;;;/q;;+3;3*-1. The number of nitrogens with one attached hydrogen (secondary N) is 2. The van der Waals surface area contributed by atoms with Gasteiger partial charge in [-0.3, -0.25) is 9.97 Å². The predicted octanol–water partition coefficient (Wildman–Crippen LogP) is 0.280. The molecule has 0 unspecified atom stereocenters. The third-order valence-corrected chi connectivity index (χ3v) is 3.28. The maximum absolute atomic E-state index is 8.25. The van der Waals surface area contributed by atoms with Gasteiger partial charge in [-0.05, 0) is 24.3 Å². The van der Waals surface area contributed by atoms with Gasteiger partial charge >= 0.3 is 38.2 Å². The van der Waals surface area contributed by atoms with Gasteiger partial charge in [0.2, 0.25) is 0 Å². The number of hydrogen-bond donors (Lipinski definition) is 3. The van der Waals surface area contributed by atoms with Crippen LogP contribution in [0.2, 0.25) is 0 Å². The molecular weight excluding hydrogens is 681 g/mol. The molecular formula is C19H30DyN7O12. The summed E-state index contributed by atoms with van der Waals surface area (Å²) in [6, 6.07) is 11.8. The number of aliphatic hydroxyl groups is 1. The molecule has 0 fully saturated rings. The molecule has 0 aromatic carbocycles. The summed E-state index contributed by atoms with van der Waals surface area (Å²) in [6.45, 7) is 5.73. The van der Waals surface area contributed by atoms with Gasteiger partial charge in [-0.15, -0.1) is 0 Å². The Balaban J connectivity index is -0.000000341. The first-order valence-corrected chi connectivity index (χ1v) is 10.4. The van der Waals surface area contributed by atoms with Crippen LogP contribution in [0.1, 0.15) is 11.4 Å². The molecule has 2 heterocycles. The first-order chi connectivity index (χ1) is 18.1. The molecule has 0 saturated carbocycles. The fourth-order valence-corrected chi connectivity index (χ4v) is 2.05. The molecule has 20 heteroatoms. The van der Waals surface area contributed by atoms with Crippen molar-refractivity contribution >= 4 is 0 Å². The van der Waals surface area contributed by atoms with E-state index in [-0.39, 0.29) is 38.2 Å². The molecule has 0 aliphatic carbocycles. The van der Waals surface area contributed by atoms with Gasteiger partial charge in [-0.1, -0.05) is 12.1 Å². The largest absolute Gasteiger partial charge is 3.00 e. The van der Waals surface area contributed by atoms with Gasteiger partial charge < -0.3 is 71.2 Å². The van der Waals surface area contributed by atoms with Gasteiger partial charge in [0, 0.05) is 45.7 Å². The molecule has 39 heavy (non-hydrogen) atoms. The molecule has 0 atom stereocenters. The third kappa shape index (κ3) is 48.6. The van der Waals surface area contributed by atoms with Crippen LogP contribution in [0.5, 0.6) is 0 Å². The molecule has 19 nitrogen and oxygen atoms in total. The zero-order valence-corrected chi connectivity index (χ0v) is 22.8. The summed E-state index contributed by atoms with van der Waals surface area (Å²) in [7, 11) is 1.00. The number of hydrogen-bond acceptors (Lipinski definition) is 16. The van der Waals surface area contributed by atoms with E-state index in [1.807, 2.05) is 36.4 Å². The van der Waals surface area contributed by atoms with Crippen LogP contribution in [0.3, 0.4) is 0 Å². The van der Waals surface area contributed by atoms with E-state index < -0.39 is 15.3 Å². The summed E-state index contributed by atoms with van der Waals surface area (Å²) >= 11 is 0. The van der Waals surface area contributed by atoms with Crippen molar-refractivity contribution in [1.82, 2.24) is 20.6 Å². The molecule has 2 aromatic rings. The van der Waals surface area contributed by atoms with Gasteiger partial charge in [0.1, 0.15) is 0 Å². The van der Waals surface area contributed by atoms with Crippen LogP contribution in [-0.2, 0) is 22.6 Å². The van der Waals surface area contributed by atoms with E-state index in [4.69, 9.17) is 60.5 Å². The van der Waals surface area contributed by atoms with Crippen molar-refractivity contribution in [2.45, 2.75) is 13.1 Å². The molecule has 2 rings (SSSR count). The number of rotatable bonds is 13. The summed E-state index contributed by atoms with van der Waals surface area (Å²) in [5, 5.41) is 57.8. The molecule has 0 bridgehead atoms. The SMILES string of the molecule is CO.O=[N+]([O-])[O-].O=[N+]([O-])[O-].O=[N+]([O-])[O-].[Dy+3].c1ccc(CNCCOCCOCCNCc2ccccn2)nc1. The van der Waals surface area contributed by atoms with Gasteiger partial charge in [0.15, 0.2) is 0 Å². The van der Waals surface area contributed by atoms with Crippen LogP contribution in [0.4, 0.5) is 0 Å². The normalized spacial score (nSPS) is 8.67. The first kappa shape index (κ1) is 43.0. The van der Waals surface area contributed by atoms with Crippen molar-refractivity contribution in [2.24, 2.45) is 0 Å². The van der Waals surface area contributed by atoms with E-state index in [0.29, 0.717) is 26.4 Å². The quantitative estimate of drug-likeness (QED) is 0.143. The predicted molar refractivity (Wildman–Crippen MR) is 133 cm³/mol. The number of aromatic nitrogens is 2. The van der Waals surface area contributed by atoms with Crippen LogP contribution >= 0.6 is 0 Å². The van der Waals surface area contributed by atoms with Crippen LogP contribution < -0.4 is 10.6 Å². The maximum Gasteiger partial charge on any atom is 3.00 e. The summed E-state index contributed by atoms with van der Waals surface area (Å²) in [5.41, 5.74) is 2.08. The van der Waals surface area contributed by atoms with E-state index in [0.717, 1.165) is 44.7 Å². The van der Waals surface area contributed by atoms with Crippen LogP contribution in [-0.4, -0.2) is 77.0 Å². The fraction of sp³-hybridized carbons (Fsp3) is 0.474. The van der Waals surface area contributed by atoms with Gasteiger partial charge in [0.05, 0.1) is 53.1 Å². The molecule has 0 saturated heterocycles. The van der Waals surface area contributed by atoms with Crippen molar-refractivity contribution in [2.75, 3.05) is 46.6 Å². The van der Waals surface area contributed by atoms with Crippen LogP contribution in [0, 0.1) is 84.1 Å². The molecule has 223 valence electrons. The molecule has 0 aliphatic rings. The number of pyridine rings is 2. The average Bonchev–Trinajstić information content (AvgIpc) is 2.86. The molecule has 2 aromatic heterocycles. The molecule has 0 aliphatic heterocycles. The number of ether oxygens (including phenoxy) is 2. The van der Waals surface area contributed by atoms with E-state index in [2.05, 4.69) is 20.6 Å². The van der Waals surface area contributed by atoms with Gasteiger partial charge in [-0.2, -0.15) is 0 Å². The minimum atomic E-state index is -1.75. The van der Waals surface area contributed by atoms with Crippen molar-refractivity contribution in [3.05, 3.63) is 106 Å². The van der Waals surface area contributed by atoms with Crippen molar-refractivity contribution < 1.29 is 68.0 Å². The second kappa shape index (κ2) is 35.0.